The number of carbonyl (C=O) groups is 3. The SMILES string of the molecule is CC/C=C\C/C=C\C/C=C\C/C=C\C/C=C\C/C=C\CCCCCCCCCCCCCCCCCCCCCCC(=O)OC(COC(=O)CCCCCCCCCCCCCCCCCCCCCCC/C=C\C/C=C\CCCCCCC)COC(OCC[N+](C)(C)C)C(=O)[O-]. The van der Waals surface area contributed by atoms with Crippen LogP contribution in [0.15, 0.2) is 97.2 Å². The summed E-state index contributed by atoms with van der Waals surface area (Å²) in [6.45, 7) is 4.68. The lowest BCUT2D eigenvalue weighted by Crippen LogP contribution is -2.44. The number of quaternary nitrogens is 1. The number of carboxylic acids is 1. The normalized spacial score (nSPS) is 13.1. The molecule has 0 aromatic rings. The highest BCUT2D eigenvalue weighted by atomic mass is 16.7. The van der Waals surface area contributed by atoms with Crippen LogP contribution in [0.2, 0.25) is 0 Å². The van der Waals surface area contributed by atoms with Crippen molar-refractivity contribution in [3.63, 3.8) is 0 Å². The summed E-state index contributed by atoms with van der Waals surface area (Å²) in [7, 11) is 5.95. The molecule has 0 amide bonds. The third kappa shape index (κ3) is 79.4. The zero-order chi connectivity index (χ0) is 70.4. The maximum Gasteiger partial charge on any atom is 0.306 e. The fourth-order valence-corrected chi connectivity index (χ4v) is 12.0. The van der Waals surface area contributed by atoms with E-state index >= 15 is 0 Å². The van der Waals surface area contributed by atoms with Gasteiger partial charge >= 0.3 is 11.9 Å². The number of likely N-dealkylation sites (N-methyl/N-ethyl adjacent to an activating group) is 1. The Hall–Kier alpha value is -3.79. The first kappa shape index (κ1) is 93.2. The van der Waals surface area contributed by atoms with E-state index in [1.165, 1.54) is 276 Å². The van der Waals surface area contributed by atoms with E-state index in [4.69, 9.17) is 18.9 Å². The molecule has 0 aliphatic carbocycles. The summed E-state index contributed by atoms with van der Waals surface area (Å²) in [6.07, 6.45) is 105. The van der Waals surface area contributed by atoms with E-state index in [9.17, 15) is 19.5 Å². The Morgan fingerprint density at radius 2 is 0.588 bits per heavy atom. The third-order valence-corrected chi connectivity index (χ3v) is 18.3. The summed E-state index contributed by atoms with van der Waals surface area (Å²) >= 11 is 0. The van der Waals surface area contributed by atoms with Gasteiger partial charge < -0.3 is 33.3 Å². The van der Waals surface area contributed by atoms with Gasteiger partial charge in [-0.25, -0.2) is 0 Å². The number of aliphatic carboxylic acids is 1. The molecule has 562 valence electrons. The van der Waals surface area contributed by atoms with Crippen LogP contribution in [0, 0.1) is 0 Å². The van der Waals surface area contributed by atoms with E-state index < -0.39 is 24.3 Å². The highest BCUT2D eigenvalue weighted by Crippen LogP contribution is 2.19. The van der Waals surface area contributed by atoms with Gasteiger partial charge in [-0.2, -0.15) is 0 Å². The van der Waals surface area contributed by atoms with E-state index in [2.05, 4.69) is 111 Å². The Morgan fingerprint density at radius 1 is 0.320 bits per heavy atom. The third-order valence-electron chi connectivity index (χ3n) is 18.3. The van der Waals surface area contributed by atoms with Crippen LogP contribution in [0.5, 0.6) is 0 Å². The van der Waals surface area contributed by atoms with E-state index in [-0.39, 0.29) is 32.2 Å². The van der Waals surface area contributed by atoms with Gasteiger partial charge in [0.25, 0.3) is 0 Å². The molecule has 2 unspecified atom stereocenters. The van der Waals surface area contributed by atoms with Crippen LogP contribution in [-0.4, -0.2) is 82.3 Å². The average Bonchev–Trinajstić information content (AvgIpc) is 2.39. The van der Waals surface area contributed by atoms with Gasteiger partial charge in [-0.15, -0.1) is 0 Å². The highest BCUT2D eigenvalue weighted by Gasteiger charge is 2.22. The number of allylic oxidation sites excluding steroid dienone is 16. The van der Waals surface area contributed by atoms with Crippen molar-refractivity contribution in [3.8, 4) is 0 Å². The number of rotatable bonds is 77. The Kier molecular flexibility index (Phi) is 74.9. The number of hydrogen-bond acceptors (Lipinski definition) is 8. The van der Waals surface area contributed by atoms with Gasteiger partial charge in [0, 0.05) is 12.8 Å². The number of carboxylic acid groups (broad SMARTS) is 1. The average molecular weight is 1360 g/mol. The molecule has 0 aromatic carbocycles. The molecule has 0 N–H and O–H groups in total. The Bertz CT molecular complexity index is 1920. The first-order valence-electron chi connectivity index (χ1n) is 41.4. The van der Waals surface area contributed by atoms with Crippen LogP contribution in [-0.2, 0) is 33.3 Å². The standard InChI is InChI=1S/C88H157NO8/c1-6-8-10-12-14-16-18-20-22-24-26-28-30-32-34-36-38-40-41-42-43-44-45-47-49-51-53-55-57-59-61-63-65-67-69-71-73-75-77-79-86(91)97-84(83-96-88(87(92)93)94-81-80-89(3,4)5)82-95-85(90)78-76-74-72-70-68-66-64-62-60-58-56-54-52-50-48-46-39-37-35-33-31-29-27-25-23-21-19-17-15-13-11-9-7-2/h8,10,14,16,19-22,25-28,32,34,38,40,84,88H,6-7,9,11-13,15,17-18,23-24,29-31,33,35-37,39,41-83H2,1-5H3/b10-8-,16-14-,21-19-,22-20-,27-25-,28-26-,34-32-,40-38-. The Morgan fingerprint density at radius 3 is 0.876 bits per heavy atom. The van der Waals surface area contributed by atoms with Gasteiger partial charge in [0.15, 0.2) is 12.4 Å². The minimum atomic E-state index is -1.62. The summed E-state index contributed by atoms with van der Waals surface area (Å²) in [5.41, 5.74) is 0. The van der Waals surface area contributed by atoms with Gasteiger partial charge in [-0.1, -0.05) is 374 Å². The molecule has 0 aliphatic heterocycles. The first-order chi connectivity index (χ1) is 47.6. The van der Waals surface area contributed by atoms with Crippen LogP contribution >= 0.6 is 0 Å². The number of esters is 2. The van der Waals surface area contributed by atoms with Crippen molar-refractivity contribution in [2.24, 2.45) is 0 Å². The van der Waals surface area contributed by atoms with Crippen LogP contribution in [0.1, 0.15) is 386 Å². The van der Waals surface area contributed by atoms with Gasteiger partial charge in [-0.05, 0) is 96.3 Å². The van der Waals surface area contributed by atoms with Gasteiger partial charge in [-0.3, -0.25) is 9.59 Å². The smallest absolute Gasteiger partial charge is 0.306 e. The molecule has 2 atom stereocenters. The largest absolute Gasteiger partial charge is 0.545 e. The molecule has 97 heavy (non-hydrogen) atoms. The second-order valence-electron chi connectivity index (χ2n) is 29.0. The molecular formula is C88H157NO8. The van der Waals surface area contributed by atoms with Crippen LogP contribution in [0.3, 0.4) is 0 Å². The summed E-state index contributed by atoms with van der Waals surface area (Å²) in [6, 6.07) is 0. The zero-order valence-electron chi connectivity index (χ0n) is 64.4. The minimum Gasteiger partial charge on any atom is -0.545 e. The van der Waals surface area contributed by atoms with Gasteiger partial charge in [0.1, 0.15) is 13.2 Å². The van der Waals surface area contributed by atoms with Crippen molar-refractivity contribution in [1.82, 2.24) is 0 Å². The van der Waals surface area contributed by atoms with Crippen molar-refractivity contribution in [2.45, 2.75) is 399 Å². The number of nitrogens with zero attached hydrogens (tertiary/aromatic N) is 1. The number of carbonyl (C=O) groups excluding carboxylic acids is 3. The van der Waals surface area contributed by atoms with E-state index in [0.29, 0.717) is 23.9 Å². The lowest BCUT2D eigenvalue weighted by atomic mass is 10.0. The second kappa shape index (κ2) is 77.9. The molecule has 0 aromatic heterocycles. The van der Waals surface area contributed by atoms with Crippen molar-refractivity contribution in [1.29, 1.82) is 0 Å². The van der Waals surface area contributed by atoms with Crippen molar-refractivity contribution >= 4 is 17.9 Å². The summed E-state index contributed by atoms with van der Waals surface area (Å²) in [5, 5.41) is 11.9. The lowest BCUT2D eigenvalue weighted by Gasteiger charge is -2.26. The predicted molar refractivity (Wildman–Crippen MR) is 417 cm³/mol. The maximum atomic E-state index is 13.0. The first-order valence-corrected chi connectivity index (χ1v) is 41.4. The number of ether oxygens (including phenoxy) is 4. The van der Waals surface area contributed by atoms with Crippen LogP contribution in [0.25, 0.3) is 0 Å². The zero-order valence-corrected chi connectivity index (χ0v) is 64.4. The monoisotopic (exact) mass is 1360 g/mol. The highest BCUT2D eigenvalue weighted by molar-refractivity contribution is 5.70. The molecule has 9 heteroatoms. The topological polar surface area (TPSA) is 111 Å². The molecule has 0 fully saturated rings. The molecule has 0 rings (SSSR count). The van der Waals surface area contributed by atoms with Crippen LogP contribution in [0.4, 0.5) is 0 Å². The van der Waals surface area contributed by atoms with E-state index in [1.807, 2.05) is 21.1 Å². The molecule has 0 bridgehead atoms. The van der Waals surface area contributed by atoms with Crippen molar-refractivity contribution in [3.05, 3.63) is 97.2 Å². The Balaban J connectivity index is 3.98. The fourth-order valence-electron chi connectivity index (χ4n) is 12.0. The van der Waals surface area contributed by atoms with E-state index in [0.717, 1.165) is 77.0 Å². The second-order valence-corrected chi connectivity index (χ2v) is 29.0. The number of hydrogen-bond donors (Lipinski definition) is 0. The molecule has 0 spiro atoms. The molecule has 0 heterocycles. The molecule has 9 nitrogen and oxygen atoms in total. The molecule has 0 saturated carbocycles. The van der Waals surface area contributed by atoms with Crippen LogP contribution < -0.4 is 5.11 Å². The minimum absolute atomic E-state index is 0.148. The van der Waals surface area contributed by atoms with Crippen molar-refractivity contribution in [2.75, 3.05) is 47.5 Å². The number of unbranched alkanes of at least 4 members (excludes halogenated alkanes) is 46. The maximum absolute atomic E-state index is 13.0. The molecule has 0 saturated heterocycles. The van der Waals surface area contributed by atoms with E-state index in [1.54, 1.807) is 0 Å². The van der Waals surface area contributed by atoms with Crippen molar-refractivity contribution < 1.29 is 42.9 Å². The quantitative estimate of drug-likeness (QED) is 0.0195. The molecular weight excluding hydrogens is 1200 g/mol. The fraction of sp³-hybridized carbons (Fsp3) is 0.784. The molecule has 0 radical (unpaired) electrons. The summed E-state index contributed by atoms with van der Waals surface area (Å²) in [4.78, 5) is 37.6. The molecule has 0 aliphatic rings. The Labute approximate surface area is 601 Å². The summed E-state index contributed by atoms with van der Waals surface area (Å²) in [5.74, 6) is -2.26. The van der Waals surface area contributed by atoms with Gasteiger partial charge in [0.2, 0.25) is 0 Å². The summed E-state index contributed by atoms with van der Waals surface area (Å²) < 4.78 is 22.9. The van der Waals surface area contributed by atoms with Gasteiger partial charge in [0.05, 0.1) is 40.3 Å². The predicted octanol–water partition coefficient (Wildman–Crippen LogP) is 25.4. The lowest BCUT2D eigenvalue weighted by molar-refractivity contribution is -0.870.